The summed E-state index contributed by atoms with van der Waals surface area (Å²) >= 11 is 3.48. The molecule has 0 aliphatic rings. The smallest absolute Gasteiger partial charge is 0.292 e. The standard InChI is InChI=1S/C16H15BrN6O2/c1-9-14(17)10(2)23(21-9)8-12-4-5-13(25-12)16(24)20-15-11(6-18)7-19-22(15)3/h4-5,7H,8H2,1-3H3,(H,20,24). The van der Waals surface area contributed by atoms with Crippen LogP contribution in [0.15, 0.2) is 27.2 Å². The van der Waals surface area contributed by atoms with Crippen molar-refractivity contribution < 1.29 is 9.21 Å². The lowest BCUT2D eigenvalue weighted by Gasteiger charge is -2.04. The van der Waals surface area contributed by atoms with Crippen LogP contribution in [0.25, 0.3) is 0 Å². The molecule has 1 N–H and O–H groups in total. The first-order valence-corrected chi connectivity index (χ1v) is 8.21. The van der Waals surface area contributed by atoms with E-state index in [4.69, 9.17) is 9.68 Å². The van der Waals surface area contributed by atoms with Crippen molar-refractivity contribution in [2.45, 2.75) is 20.4 Å². The van der Waals surface area contributed by atoms with Crippen LogP contribution < -0.4 is 5.32 Å². The fraction of sp³-hybridized carbons (Fsp3) is 0.250. The molecule has 0 atom stereocenters. The molecule has 1 amide bonds. The van der Waals surface area contributed by atoms with Gasteiger partial charge in [0.15, 0.2) is 5.76 Å². The van der Waals surface area contributed by atoms with Gasteiger partial charge in [0.25, 0.3) is 5.91 Å². The highest BCUT2D eigenvalue weighted by Gasteiger charge is 2.17. The van der Waals surface area contributed by atoms with Crippen molar-refractivity contribution in [3.63, 3.8) is 0 Å². The van der Waals surface area contributed by atoms with E-state index in [0.717, 1.165) is 15.9 Å². The van der Waals surface area contributed by atoms with Gasteiger partial charge < -0.3 is 9.73 Å². The molecule has 3 aromatic heterocycles. The van der Waals surface area contributed by atoms with E-state index in [9.17, 15) is 4.79 Å². The summed E-state index contributed by atoms with van der Waals surface area (Å²) in [6, 6.07) is 5.30. The van der Waals surface area contributed by atoms with Crippen LogP contribution in [0.2, 0.25) is 0 Å². The highest BCUT2D eigenvalue weighted by atomic mass is 79.9. The van der Waals surface area contributed by atoms with Gasteiger partial charge in [-0.2, -0.15) is 15.5 Å². The number of aromatic nitrogens is 4. The molecule has 9 heteroatoms. The first kappa shape index (κ1) is 17.0. The summed E-state index contributed by atoms with van der Waals surface area (Å²) in [6.07, 6.45) is 1.39. The Balaban J connectivity index is 1.77. The molecule has 3 heterocycles. The van der Waals surface area contributed by atoms with Crippen molar-refractivity contribution in [1.82, 2.24) is 19.6 Å². The predicted octanol–water partition coefficient (Wildman–Crippen LogP) is 2.76. The Morgan fingerprint density at radius 3 is 2.84 bits per heavy atom. The molecule has 0 aromatic carbocycles. The zero-order valence-electron chi connectivity index (χ0n) is 13.9. The highest BCUT2D eigenvalue weighted by molar-refractivity contribution is 9.10. The van der Waals surface area contributed by atoms with Crippen LogP contribution in [0, 0.1) is 25.2 Å². The third-order valence-electron chi connectivity index (χ3n) is 3.78. The average Bonchev–Trinajstić information content (AvgIpc) is 3.25. The number of hydrogen-bond acceptors (Lipinski definition) is 5. The number of halogens is 1. The predicted molar refractivity (Wildman–Crippen MR) is 93.1 cm³/mol. The number of amides is 1. The molecule has 0 unspecified atom stereocenters. The van der Waals surface area contributed by atoms with Crippen LogP contribution in [-0.2, 0) is 13.6 Å². The Morgan fingerprint density at radius 2 is 2.20 bits per heavy atom. The summed E-state index contributed by atoms with van der Waals surface area (Å²) in [5.74, 6) is 0.642. The molecule has 0 aliphatic carbocycles. The van der Waals surface area contributed by atoms with Gasteiger partial charge in [-0.05, 0) is 41.9 Å². The second-order valence-electron chi connectivity index (χ2n) is 5.50. The molecule has 0 aliphatic heterocycles. The summed E-state index contributed by atoms with van der Waals surface area (Å²) in [7, 11) is 1.64. The van der Waals surface area contributed by atoms with Crippen molar-refractivity contribution in [1.29, 1.82) is 5.26 Å². The molecule has 8 nitrogen and oxygen atoms in total. The van der Waals surface area contributed by atoms with E-state index in [1.165, 1.54) is 10.9 Å². The van der Waals surface area contributed by atoms with Crippen molar-refractivity contribution in [3.8, 4) is 6.07 Å². The number of rotatable bonds is 4. The van der Waals surface area contributed by atoms with E-state index < -0.39 is 5.91 Å². The molecule has 0 spiro atoms. The Hall–Kier alpha value is -2.86. The fourth-order valence-corrected chi connectivity index (χ4v) is 2.68. The number of furan rings is 1. The van der Waals surface area contributed by atoms with Gasteiger partial charge in [0.2, 0.25) is 0 Å². The van der Waals surface area contributed by atoms with Crippen LogP contribution in [-0.4, -0.2) is 25.5 Å². The molecule has 3 rings (SSSR count). The van der Waals surface area contributed by atoms with E-state index >= 15 is 0 Å². The Morgan fingerprint density at radius 1 is 1.44 bits per heavy atom. The first-order valence-electron chi connectivity index (χ1n) is 7.42. The van der Waals surface area contributed by atoms with Crippen LogP contribution >= 0.6 is 15.9 Å². The average molecular weight is 403 g/mol. The maximum absolute atomic E-state index is 12.3. The number of aryl methyl sites for hydroxylation is 2. The molecule has 25 heavy (non-hydrogen) atoms. The van der Waals surface area contributed by atoms with Crippen LogP contribution in [0.3, 0.4) is 0 Å². The van der Waals surface area contributed by atoms with E-state index in [1.54, 1.807) is 23.9 Å². The van der Waals surface area contributed by atoms with Gasteiger partial charge in [-0.1, -0.05) is 0 Å². The van der Waals surface area contributed by atoms with Crippen molar-refractivity contribution in [2.24, 2.45) is 7.05 Å². The third kappa shape index (κ3) is 3.21. The second kappa shape index (κ2) is 6.57. The number of anilines is 1. The van der Waals surface area contributed by atoms with Crippen LogP contribution in [0.5, 0.6) is 0 Å². The Kier molecular flexibility index (Phi) is 4.46. The maximum atomic E-state index is 12.3. The zero-order chi connectivity index (χ0) is 18.1. The normalized spacial score (nSPS) is 10.7. The molecule has 3 aromatic rings. The lowest BCUT2D eigenvalue weighted by atomic mass is 10.3. The van der Waals surface area contributed by atoms with E-state index in [-0.39, 0.29) is 11.3 Å². The van der Waals surface area contributed by atoms with E-state index in [0.29, 0.717) is 18.1 Å². The van der Waals surface area contributed by atoms with Crippen LogP contribution in [0.4, 0.5) is 5.82 Å². The lowest BCUT2D eigenvalue weighted by Crippen LogP contribution is -2.14. The highest BCUT2D eigenvalue weighted by Crippen LogP contribution is 2.21. The number of carbonyl (C=O) groups excluding carboxylic acids is 1. The van der Waals surface area contributed by atoms with Gasteiger partial charge in [0, 0.05) is 7.05 Å². The van der Waals surface area contributed by atoms with Gasteiger partial charge in [-0.25, -0.2) is 0 Å². The summed E-state index contributed by atoms with van der Waals surface area (Å²) in [6.45, 7) is 4.28. The van der Waals surface area contributed by atoms with E-state index in [1.807, 2.05) is 19.9 Å². The second-order valence-corrected chi connectivity index (χ2v) is 6.30. The molecular formula is C16H15BrN6O2. The monoisotopic (exact) mass is 402 g/mol. The lowest BCUT2D eigenvalue weighted by molar-refractivity contribution is 0.0993. The fourth-order valence-electron chi connectivity index (χ4n) is 2.40. The molecular weight excluding hydrogens is 388 g/mol. The molecule has 0 saturated carbocycles. The topological polar surface area (TPSA) is 102 Å². The minimum atomic E-state index is -0.444. The van der Waals surface area contributed by atoms with Gasteiger partial charge in [-0.15, -0.1) is 0 Å². The maximum Gasteiger partial charge on any atom is 0.292 e. The van der Waals surface area contributed by atoms with Crippen molar-refractivity contribution in [3.05, 3.63) is 51.3 Å². The number of hydrogen-bond donors (Lipinski definition) is 1. The summed E-state index contributed by atoms with van der Waals surface area (Å²) in [5.41, 5.74) is 2.16. The minimum absolute atomic E-state index is 0.153. The molecule has 0 bridgehead atoms. The summed E-state index contributed by atoms with van der Waals surface area (Å²) in [4.78, 5) is 12.3. The first-order chi connectivity index (χ1) is 11.9. The number of nitrogens with zero attached hydrogens (tertiary/aromatic N) is 5. The van der Waals surface area contributed by atoms with Crippen LogP contribution in [0.1, 0.15) is 33.3 Å². The molecule has 0 radical (unpaired) electrons. The van der Waals surface area contributed by atoms with Gasteiger partial charge in [0.1, 0.15) is 23.2 Å². The SMILES string of the molecule is Cc1nn(Cc2ccc(C(=O)Nc3c(C#N)cnn3C)o2)c(C)c1Br. The summed E-state index contributed by atoms with van der Waals surface area (Å²) < 4.78 is 9.80. The number of carbonyl (C=O) groups is 1. The van der Waals surface area contributed by atoms with Gasteiger partial charge in [-0.3, -0.25) is 14.2 Å². The third-order valence-corrected chi connectivity index (χ3v) is 4.92. The van der Waals surface area contributed by atoms with Gasteiger partial charge in [0.05, 0.1) is 28.6 Å². The Bertz CT molecular complexity index is 991. The minimum Gasteiger partial charge on any atom is -0.454 e. The largest absolute Gasteiger partial charge is 0.454 e. The number of nitriles is 1. The zero-order valence-corrected chi connectivity index (χ0v) is 15.5. The van der Waals surface area contributed by atoms with Crippen molar-refractivity contribution in [2.75, 3.05) is 5.32 Å². The number of nitrogens with one attached hydrogen (secondary N) is 1. The summed E-state index contributed by atoms with van der Waals surface area (Å²) in [5, 5.41) is 20.0. The van der Waals surface area contributed by atoms with E-state index in [2.05, 4.69) is 31.4 Å². The molecule has 0 fully saturated rings. The quantitative estimate of drug-likeness (QED) is 0.722. The molecule has 0 saturated heterocycles. The van der Waals surface area contributed by atoms with Gasteiger partial charge >= 0.3 is 0 Å². The Labute approximate surface area is 152 Å². The van der Waals surface area contributed by atoms with Crippen molar-refractivity contribution >= 4 is 27.7 Å². The molecule has 128 valence electrons.